The highest BCUT2D eigenvalue weighted by Crippen LogP contribution is 2.22. The Morgan fingerprint density at radius 2 is 1.96 bits per heavy atom. The molecule has 3 aromatic heterocycles. The van der Waals surface area contributed by atoms with Crippen molar-refractivity contribution in [3.8, 4) is 5.69 Å². The summed E-state index contributed by atoms with van der Waals surface area (Å²) in [6, 6.07) is 9.46. The fraction of sp³-hybridized carbons (Fsp3) is 0.100. The highest BCUT2D eigenvalue weighted by Gasteiger charge is 2.17. The summed E-state index contributed by atoms with van der Waals surface area (Å²) in [5, 5.41) is 7.99. The van der Waals surface area contributed by atoms with E-state index in [9.17, 15) is 9.18 Å². The van der Waals surface area contributed by atoms with Crippen molar-refractivity contribution in [2.75, 3.05) is 0 Å². The molecular formula is C20H15BrFN5O. The van der Waals surface area contributed by atoms with E-state index in [1.807, 2.05) is 19.1 Å². The molecule has 0 aliphatic heterocycles. The van der Waals surface area contributed by atoms with Gasteiger partial charge in [0.25, 0.3) is 5.91 Å². The quantitative estimate of drug-likeness (QED) is 0.483. The first-order valence-electron chi connectivity index (χ1n) is 8.53. The molecule has 6 nitrogen and oxygen atoms in total. The number of hydrogen-bond donors (Lipinski definition) is 1. The molecule has 1 N–H and O–H groups in total. The fourth-order valence-corrected chi connectivity index (χ4v) is 3.34. The minimum atomic E-state index is -0.324. The molecule has 4 aromatic rings. The van der Waals surface area contributed by atoms with Crippen LogP contribution in [0.4, 0.5) is 4.39 Å². The summed E-state index contributed by atoms with van der Waals surface area (Å²) in [6.07, 6.45) is 6.44. The van der Waals surface area contributed by atoms with Crippen LogP contribution in [0.5, 0.6) is 0 Å². The van der Waals surface area contributed by atoms with E-state index in [2.05, 4.69) is 36.3 Å². The maximum Gasteiger partial charge on any atom is 0.254 e. The molecule has 8 heteroatoms. The molecule has 1 amide bonds. The second-order valence-corrected chi connectivity index (χ2v) is 7.07. The lowest BCUT2D eigenvalue weighted by Gasteiger charge is -2.14. The van der Waals surface area contributed by atoms with Gasteiger partial charge in [0, 0.05) is 17.8 Å². The number of nitrogens with zero attached hydrogens (tertiary/aromatic N) is 4. The molecule has 4 rings (SSSR count). The Bertz CT molecular complexity index is 1160. The second kappa shape index (κ2) is 7.47. The van der Waals surface area contributed by atoms with Crippen LogP contribution in [0.3, 0.4) is 0 Å². The zero-order valence-electron chi connectivity index (χ0n) is 14.8. The number of benzene rings is 1. The average molecular weight is 440 g/mol. The summed E-state index contributed by atoms with van der Waals surface area (Å²) in [6.45, 7) is 1.90. The van der Waals surface area contributed by atoms with Gasteiger partial charge in [0.2, 0.25) is 0 Å². The minimum absolute atomic E-state index is 0.214. The molecule has 1 unspecified atom stereocenters. The molecule has 1 aromatic carbocycles. The van der Waals surface area contributed by atoms with Crippen LogP contribution >= 0.6 is 15.9 Å². The molecule has 3 heterocycles. The molecule has 140 valence electrons. The van der Waals surface area contributed by atoms with E-state index in [1.165, 1.54) is 18.3 Å². The Morgan fingerprint density at radius 3 is 2.71 bits per heavy atom. The van der Waals surface area contributed by atoms with Crippen molar-refractivity contribution in [1.82, 2.24) is 25.1 Å². The summed E-state index contributed by atoms with van der Waals surface area (Å²) < 4.78 is 15.5. The number of carbonyl (C=O) groups excluding carboxylic acids is 1. The summed E-state index contributed by atoms with van der Waals surface area (Å²) in [5.74, 6) is -0.577. The maximum atomic E-state index is 13.2. The van der Waals surface area contributed by atoms with Gasteiger partial charge in [-0.2, -0.15) is 5.10 Å². The van der Waals surface area contributed by atoms with Crippen LogP contribution in [0.1, 0.15) is 28.9 Å². The number of fused-ring (bicyclic) bond motifs is 1. The monoisotopic (exact) mass is 439 g/mol. The van der Waals surface area contributed by atoms with Crippen LogP contribution in [0.25, 0.3) is 16.6 Å². The van der Waals surface area contributed by atoms with Gasteiger partial charge in [-0.15, -0.1) is 0 Å². The summed E-state index contributed by atoms with van der Waals surface area (Å²) in [7, 11) is 0. The van der Waals surface area contributed by atoms with Gasteiger partial charge in [0.15, 0.2) is 0 Å². The van der Waals surface area contributed by atoms with Crippen LogP contribution in [0.2, 0.25) is 0 Å². The van der Waals surface area contributed by atoms with Gasteiger partial charge in [-0.1, -0.05) is 0 Å². The number of pyridine rings is 2. The number of halogens is 2. The van der Waals surface area contributed by atoms with E-state index in [0.29, 0.717) is 26.8 Å². The third kappa shape index (κ3) is 3.50. The second-order valence-electron chi connectivity index (χ2n) is 6.26. The van der Waals surface area contributed by atoms with Crippen molar-refractivity contribution >= 4 is 32.7 Å². The zero-order valence-corrected chi connectivity index (χ0v) is 16.4. The molecule has 0 fully saturated rings. The first-order valence-corrected chi connectivity index (χ1v) is 9.32. The van der Waals surface area contributed by atoms with Crippen molar-refractivity contribution in [3.05, 3.63) is 82.7 Å². The number of hydrogen-bond acceptors (Lipinski definition) is 4. The first-order chi connectivity index (χ1) is 13.5. The van der Waals surface area contributed by atoms with Gasteiger partial charge in [-0.05, 0) is 64.8 Å². The topological polar surface area (TPSA) is 72.7 Å². The van der Waals surface area contributed by atoms with Crippen LogP contribution in [0.15, 0.2) is 65.8 Å². The predicted octanol–water partition coefficient (Wildman–Crippen LogP) is 4.21. The minimum Gasteiger partial charge on any atom is -0.345 e. The van der Waals surface area contributed by atoms with Gasteiger partial charge in [0.1, 0.15) is 10.4 Å². The maximum absolute atomic E-state index is 13.2. The molecule has 0 aliphatic carbocycles. The fourth-order valence-electron chi connectivity index (χ4n) is 2.96. The van der Waals surface area contributed by atoms with E-state index in [4.69, 9.17) is 0 Å². The van der Waals surface area contributed by atoms with E-state index >= 15 is 0 Å². The van der Waals surface area contributed by atoms with E-state index in [-0.39, 0.29) is 17.8 Å². The number of aromatic nitrogens is 4. The molecule has 28 heavy (non-hydrogen) atoms. The molecule has 0 spiro atoms. The third-order valence-corrected chi connectivity index (χ3v) is 4.84. The highest BCUT2D eigenvalue weighted by molar-refractivity contribution is 9.10. The van der Waals surface area contributed by atoms with Crippen LogP contribution in [-0.4, -0.2) is 25.7 Å². The van der Waals surface area contributed by atoms with Crippen LogP contribution in [0, 0.1) is 5.82 Å². The largest absolute Gasteiger partial charge is 0.345 e. The summed E-state index contributed by atoms with van der Waals surface area (Å²) in [5.41, 5.74) is 2.70. The van der Waals surface area contributed by atoms with Crippen molar-refractivity contribution in [2.45, 2.75) is 13.0 Å². The Morgan fingerprint density at radius 1 is 1.18 bits per heavy atom. The number of nitrogens with one attached hydrogen (secondary N) is 1. The van der Waals surface area contributed by atoms with Crippen molar-refractivity contribution in [1.29, 1.82) is 0 Å². The van der Waals surface area contributed by atoms with E-state index in [0.717, 1.165) is 5.56 Å². The smallest absolute Gasteiger partial charge is 0.254 e. The van der Waals surface area contributed by atoms with Crippen molar-refractivity contribution in [3.63, 3.8) is 0 Å². The predicted molar refractivity (Wildman–Crippen MR) is 107 cm³/mol. The average Bonchev–Trinajstić information content (AvgIpc) is 3.12. The number of amides is 1. The van der Waals surface area contributed by atoms with Gasteiger partial charge in [-0.3, -0.25) is 9.78 Å². The number of carbonyl (C=O) groups is 1. The third-order valence-electron chi connectivity index (χ3n) is 4.41. The molecule has 0 saturated carbocycles. The summed E-state index contributed by atoms with van der Waals surface area (Å²) in [4.78, 5) is 21.1. The molecule has 0 aliphatic rings. The molecule has 1 atom stereocenters. The van der Waals surface area contributed by atoms with Crippen molar-refractivity contribution in [2.24, 2.45) is 0 Å². The lowest BCUT2D eigenvalue weighted by molar-refractivity contribution is 0.0941. The van der Waals surface area contributed by atoms with Crippen LogP contribution in [-0.2, 0) is 0 Å². The Kier molecular flexibility index (Phi) is 4.87. The Hall–Kier alpha value is -3.13. The molecule has 0 bridgehead atoms. The zero-order chi connectivity index (χ0) is 19.7. The van der Waals surface area contributed by atoms with Gasteiger partial charge in [0.05, 0.1) is 35.2 Å². The Labute approximate surface area is 168 Å². The number of rotatable bonds is 4. The van der Waals surface area contributed by atoms with E-state index < -0.39 is 0 Å². The first kappa shape index (κ1) is 18.2. The SMILES string of the molecule is CC(NC(=O)c1cncc2c1cnn2-c1ccc(F)cc1)c1ccnc(Br)c1. The van der Waals surface area contributed by atoms with E-state index in [1.54, 1.807) is 35.4 Å². The van der Waals surface area contributed by atoms with Gasteiger partial charge < -0.3 is 5.32 Å². The molecule has 0 saturated heterocycles. The highest BCUT2D eigenvalue weighted by atomic mass is 79.9. The lowest BCUT2D eigenvalue weighted by Crippen LogP contribution is -2.27. The molecular weight excluding hydrogens is 425 g/mol. The van der Waals surface area contributed by atoms with Gasteiger partial charge in [-0.25, -0.2) is 14.1 Å². The van der Waals surface area contributed by atoms with Crippen LogP contribution < -0.4 is 5.32 Å². The van der Waals surface area contributed by atoms with Gasteiger partial charge >= 0.3 is 0 Å². The lowest BCUT2D eigenvalue weighted by atomic mass is 10.1. The standard InChI is InChI=1S/C20H15BrFN5O/c1-12(13-6-7-24-19(21)8-13)26-20(28)17-9-23-11-18-16(17)10-25-27(18)15-4-2-14(22)3-5-15/h2-12H,1H3,(H,26,28). The molecule has 0 radical (unpaired) electrons. The Balaban J connectivity index is 1.65. The normalized spacial score (nSPS) is 12.1. The van der Waals surface area contributed by atoms with Crippen molar-refractivity contribution < 1.29 is 9.18 Å². The summed E-state index contributed by atoms with van der Waals surface area (Å²) >= 11 is 3.34.